The first-order valence-electron chi connectivity index (χ1n) is 9.22. The van der Waals surface area contributed by atoms with E-state index in [4.69, 9.17) is 0 Å². The third kappa shape index (κ3) is 6.12. The zero-order valence-electron chi connectivity index (χ0n) is 15.3. The van der Waals surface area contributed by atoms with Crippen LogP contribution in [0.2, 0.25) is 0 Å². The van der Waals surface area contributed by atoms with Gasteiger partial charge in [-0.3, -0.25) is 9.69 Å². The van der Waals surface area contributed by atoms with Gasteiger partial charge in [-0.2, -0.15) is 0 Å². The fourth-order valence-corrected chi connectivity index (χ4v) is 4.43. The molecule has 0 radical (unpaired) electrons. The second-order valence-electron chi connectivity index (χ2n) is 6.88. The smallest absolute Gasteiger partial charge is 0.238 e. The van der Waals surface area contributed by atoms with Crippen molar-refractivity contribution < 1.29 is 13.2 Å². The number of piperidine rings is 1. The molecule has 0 aromatic heterocycles. The zero-order valence-corrected chi connectivity index (χ0v) is 16.1. The monoisotopic (exact) mass is 366 g/mol. The van der Waals surface area contributed by atoms with Crippen LogP contribution >= 0.6 is 0 Å². The summed E-state index contributed by atoms with van der Waals surface area (Å²) >= 11 is 0. The third-order valence-corrected chi connectivity index (χ3v) is 7.01. The Bertz CT molecular complexity index is 650. The highest BCUT2D eigenvalue weighted by Crippen LogP contribution is 2.13. The molecule has 0 unspecified atom stereocenters. The summed E-state index contributed by atoms with van der Waals surface area (Å²) in [6.45, 7) is 6.92. The van der Waals surface area contributed by atoms with E-state index in [2.05, 4.69) is 22.3 Å². The maximum absolute atomic E-state index is 12.1. The molecule has 0 aliphatic carbocycles. The summed E-state index contributed by atoms with van der Waals surface area (Å²) in [7, 11) is -3.35. The van der Waals surface area contributed by atoms with Gasteiger partial charge in [0.15, 0.2) is 9.84 Å². The minimum absolute atomic E-state index is 0.0484. The van der Waals surface area contributed by atoms with Gasteiger partial charge in [0.05, 0.1) is 5.75 Å². The Morgan fingerprint density at radius 2 is 1.72 bits per heavy atom. The molecule has 5 nitrogen and oxygen atoms in total. The minimum Gasteiger partial charge on any atom is -0.351 e. The summed E-state index contributed by atoms with van der Waals surface area (Å²) in [6.07, 6.45) is 4.42. The number of hydrogen-bond donors (Lipinski definition) is 1. The molecule has 1 aromatic rings. The van der Waals surface area contributed by atoms with Crippen LogP contribution in [0.5, 0.6) is 0 Å². The van der Waals surface area contributed by atoms with Gasteiger partial charge in [-0.1, -0.05) is 37.6 Å². The summed E-state index contributed by atoms with van der Waals surface area (Å²) in [5.41, 5.74) is 2.26. The molecule has 1 aliphatic heterocycles. The molecule has 0 spiro atoms. The highest BCUT2D eigenvalue weighted by molar-refractivity contribution is 7.92. The summed E-state index contributed by atoms with van der Waals surface area (Å²) in [6, 6.07) is 8.19. The Balaban J connectivity index is 1.83. The predicted octanol–water partition coefficient (Wildman–Crippen LogP) is 2.50. The average molecular weight is 367 g/mol. The third-order valence-electron chi connectivity index (χ3n) is 4.74. The van der Waals surface area contributed by atoms with E-state index in [1.54, 1.807) is 6.92 Å². The van der Waals surface area contributed by atoms with E-state index >= 15 is 0 Å². The van der Waals surface area contributed by atoms with Crippen molar-refractivity contribution in [2.45, 2.75) is 57.9 Å². The van der Waals surface area contributed by atoms with Crippen LogP contribution < -0.4 is 5.32 Å². The number of nitrogens with zero attached hydrogens (tertiary/aromatic N) is 1. The van der Waals surface area contributed by atoms with Gasteiger partial charge in [0.1, 0.15) is 5.25 Å². The fraction of sp³-hybridized carbons (Fsp3) is 0.632. The van der Waals surface area contributed by atoms with Crippen LogP contribution in [-0.2, 0) is 27.7 Å². The summed E-state index contributed by atoms with van der Waals surface area (Å²) < 4.78 is 23.9. The molecule has 1 atom stereocenters. The highest BCUT2D eigenvalue weighted by Gasteiger charge is 2.26. The van der Waals surface area contributed by atoms with E-state index in [9.17, 15) is 13.2 Å². The van der Waals surface area contributed by atoms with Crippen molar-refractivity contribution in [3.05, 3.63) is 35.4 Å². The lowest BCUT2D eigenvalue weighted by molar-refractivity contribution is -0.120. The normalized spacial score (nSPS) is 17.2. The largest absolute Gasteiger partial charge is 0.351 e. The Labute approximate surface area is 151 Å². The van der Waals surface area contributed by atoms with Crippen molar-refractivity contribution in [1.82, 2.24) is 10.2 Å². The highest BCUT2D eigenvalue weighted by atomic mass is 32.2. The second kappa shape index (κ2) is 9.34. The lowest BCUT2D eigenvalue weighted by Gasteiger charge is -2.26. The Morgan fingerprint density at radius 1 is 1.12 bits per heavy atom. The van der Waals surface area contributed by atoms with Crippen LogP contribution in [0.4, 0.5) is 0 Å². The van der Waals surface area contributed by atoms with Gasteiger partial charge in [-0.25, -0.2) is 8.42 Å². The molecule has 1 aromatic carbocycles. The Kier molecular flexibility index (Phi) is 7.44. The van der Waals surface area contributed by atoms with E-state index in [1.165, 1.54) is 44.8 Å². The van der Waals surface area contributed by atoms with Crippen LogP contribution in [0, 0.1) is 0 Å². The lowest BCUT2D eigenvalue weighted by Crippen LogP contribution is -2.38. The number of carbonyl (C=O) groups excluding carboxylic acids is 1. The predicted molar refractivity (Wildman–Crippen MR) is 101 cm³/mol. The fourth-order valence-electron chi connectivity index (χ4n) is 3.10. The maximum Gasteiger partial charge on any atom is 0.238 e. The number of sulfone groups is 1. The van der Waals surface area contributed by atoms with Gasteiger partial charge in [-0.05, 0) is 50.4 Å². The van der Waals surface area contributed by atoms with Crippen molar-refractivity contribution in [3.63, 3.8) is 0 Å². The van der Waals surface area contributed by atoms with E-state index in [1.807, 2.05) is 12.1 Å². The van der Waals surface area contributed by atoms with Crippen molar-refractivity contribution in [2.75, 3.05) is 18.8 Å². The summed E-state index contributed by atoms with van der Waals surface area (Å²) in [5.74, 6) is -0.377. The molecule has 25 heavy (non-hydrogen) atoms. The summed E-state index contributed by atoms with van der Waals surface area (Å²) in [5, 5.41) is 1.74. The van der Waals surface area contributed by atoms with Crippen molar-refractivity contribution in [1.29, 1.82) is 0 Å². The van der Waals surface area contributed by atoms with Crippen LogP contribution in [0.1, 0.15) is 50.7 Å². The van der Waals surface area contributed by atoms with E-state index < -0.39 is 21.0 Å². The molecule has 1 saturated heterocycles. The Morgan fingerprint density at radius 3 is 2.32 bits per heavy atom. The first-order chi connectivity index (χ1) is 11.9. The molecule has 6 heteroatoms. The molecular formula is C19H30N2O3S. The standard InChI is InChI=1S/C19H30N2O3S/c1-3-13-25(23,24)16(2)19(22)20-14-17-7-9-18(10-8-17)15-21-11-5-4-6-12-21/h7-10,16H,3-6,11-15H2,1-2H3,(H,20,22)/t16-/m1/s1. The topological polar surface area (TPSA) is 66.5 Å². The molecule has 1 N–H and O–H groups in total. The van der Waals surface area contributed by atoms with Gasteiger partial charge in [0.25, 0.3) is 0 Å². The molecular weight excluding hydrogens is 336 g/mol. The van der Waals surface area contributed by atoms with Gasteiger partial charge in [0.2, 0.25) is 5.91 Å². The van der Waals surface area contributed by atoms with Crippen LogP contribution in [-0.4, -0.2) is 43.3 Å². The zero-order chi connectivity index (χ0) is 18.3. The number of amides is 1. The number of likely N-dealkylation sites (tertiary alicyclic amines) is 1. The number of nitrogens with one attached hydrogen (secondary N) is 1. The first kappa shape index (κ1) is 19.9. The molecule has 0 bridgehead atoms. The van der Waals surface area contributed by atoms with Gasteiger partial charge in [-0.15, -0.1) is 0 Å². The van der Waals surface area contributed by atoms with E-state index in [0.717, 1.165) is 12.1 Å². The molecule has 1 amide bonds. The van der Waals surface area contributed by atoms with Crippen LogP contribution in [0.25, 0.3) is 0 Å². The molecule has 0 saturated carbocycles. The van der Waals surface area contributed by atoms with Crippen molar-refractivity contribution in [2.24, 2.45) is 0 Å². The maximum atomic E-state index is 12.1. The minimum atomic E-state index is -3.35. The molecule has 1 aliphatic rings. The number of hydrogen-bond acceptors (Lipinski definition) is 4. The van der Waals surface area contributed by atoms with E-state index in [-0.39, 0.29) is 5.75 Å². The Hall–Kier alpha value is -1.40. The first-order valence-corrected chi connectivity index (χ1v) is 10.9. The SMILES string of the molecule is CCCS(=O)(=O)[C@H](C)C(=O)NCc1ccc(CN2CCCCC2)cc1. The summed E-state index contributed by atoms with van der Waals surface area (Å²) in [4.78, 5) is 14.5. The number of carbonyl (C=O) groups is 1. The molecule has 1 heterocycles. The molecule has 140 valence electrons. The van der Waals surface area contributed by atoms with Crippen molar-refractivity contribution >= 4 is 15.7 Å². The van der Waals surface area contributed by atoms with E-state index in [0.29, 0.717) is 13.0 Å². The number of benzene rings is 1. The quantitative estimate of drug-likeness (QED) is 0.768. The average Bonchev–Trinajstić information content (AvgIpc) is 2.61. The van der Waals surface area contributed by atoms with Crippen LogP contribution in [0.15, 0.2) is 24.3 Å². The molecule has 1 fully saturated rings. The molecule has 2 rings (SSSR count). The lowest BCUT2D eigenvalue weighted by atomic mass is 10.1. The number of rotatable bonds is 8. The van der Waals surface area contributed by atoms with Gasteiger partial charge >= 0.3 is 0 Å². The second-order valence-corrected chi connectivity index (χ2v) is 9.32. The van der Waals surface area contributed by atoms with Crippen LogP contribution in [0.3, 0.4) is 0 Å². The van der Waals surface area contributed by atoms with Gasteiger partial charge < -0.3 is 5.32 Å². The van der Waals surface area contributed by atoms with Crippen molar-refractivity contribution in [3.8, 4) is 0 Å². The van der Waals surface area contributed by atoms with Gasteiger partial charge in [0, 0.05) is 13.1 Å².